The SMILES string of the molecule is CC(C)(C)S(=O)N[C@H](CCC1OCCCO1)c1cc(F)ccc1F. The normalized spacial score (nSPS) is 19.2. The zero-order chi connectivity index (χ0) is 17.7. The van der Waals surface area contributed by atoms with Gasteiger partial charge in [-0.15, -0.1) is 0 Å². The summed E-state index contributed by atoms with van der Waals surface area (Å²) in [6.45, 7) is 6.73. The van der Waals surface area contributed by atoms with E-state index < -0.39 is 33.4 Å². The van der Waals surface area contributed by atoms with E-state index >= 15 is 0 Å². The first-order valence-corrected chi connectivity index (χ1v) is 9.28. The summed E-state index contributed by atoms with van der Waals surface area (Å²) in [7, 11) is -1.41. The summed E-state index contributed by atoms with van der Waals surface area (Å²) in [5.41, 5.74) is 0.170. The van der Waals surface area contributed by atoms with Gasteiger partial charge in [0.2, 0.25) is 0 Å². The van der Waals surface area contributed by atoms with Gasteiger partial charge >= 0.3 is 0 Å². The maximum atomic E-state index is 14.2. The molecule has 1 heterocycles. The maximum Gasteiger partial charge on any atom is 0.157 e. The van der Waals surface area contributed by atoms with Crippen LogP contribution < -0.4 is 4.72 Å². The lowest BCUT2D eigenvalue weighted by molar-refractivity contribution is -0.182. The molecule has 1 N–H and O–H groups in total. The van der Waals surface area contributed by atoms with Gasteiger partial charge in [-0.1, -0.05) is 0 Å². The molecule has 0 aromatic heterocycles. The molecular formula is C17H25F2NO3S. The number of hydrogen-bond donors (Lipinski definition) is 1. The van der Waals surface area contributed by atoms with Crippen molar-refractivity contribution in [2.24, 2.45) is 0 Å². The molecule has 0 bridgehead atoms. The summed E-state index contributed by atoms with van der Waals surface area (Å²) >= 11 is 0. The fraction of sp³-hybridized carbons (Fsp3) is 0.647. The molecule has 1 aromatic rings. The fourth-order valence-electron chi connectivity index (χ4n) is 2.37. The summed E-state index contributed by atoms with van der Waals surface area (Å²) in [6.07, 6.45) is 1.43. The number of benzene rings is 1. The third-order valence-electron chi connectivity index (χ3n) is 3.73. The van der Waals surface area contributed by atoms with Crippen molar-refractivity contribution in [1.82, 2.24) is 4.72 Å². The van der Waals surface area contributed by atoms with E-state index in [1.54, 1.807) is 0 Å². The van der Waals surface area contributed by atoms with Crippen molar-refractivity contribution in [3.05, 3.63) is 35.4 Å². The monoisotopic (exact) mass is 361 g/mol. The highest BCUT2D eigenvalue weighted by Crippen LogP contribution is 2.26. The van der Waals surface area contributed by atoms with Crippen molar-refractivity contribution >= 4 is 11.0 Å². The molecule has 0 amide bonds. The molecule has 1 aliphatic rings. The second-order valence-corrected chi connectivity index (χ2v) is 8.82. The molecule has 0 radical (unpaired) electrons. The molecule has 0 spiro atoms. The van der Waals surface area contributed by atoms with Gasteiger partial charge in [0, 0.05) is 18.0 Å². The molecule has 1 unspecified atom stereocenters. The van der Waals surface area contributed by atoms with Gasteiger partial charge in [0.05, 0.1) is 28.9 Å². The number of rotatable bonds is 6. The van der Waals surface area contributed by atoms with Crippen molar-refractivity contribution in [2.45, 2.75) is 57.1 Å². The molecule has 1 aliphatic heterocycles. The highest BCUT2D eigenvalue weighted by atomic mass is 32.2. The maximum absolute atomic E-state index is 14.2. The Bertz CT molecular complexity index is 571. The number of nitrogens with one attached hydrogen (secondary N) is 1. The summed E-state index contributed by atoms with van der Waals surface area (Å²) < 4.78 is 53.5. The van der Waals surface area contributed by atoms with Crippen LogP contribution in [-0.2, 0) is 20.5 Å². The van der Waals surface area contributed by atoms with Gasteiger partial charge in [0.25, 0.3) is 0 Å². The van der Waals surface area contributed by atoms with Crippen LogP contribution in [0.5, 0.6) is 0 Å². The highest BCUT2D eigenvalue weighted by Gasteiger charge is 2.26. The third-order valence-corrected chi connectivity index (χ3v) is 5.34. The Labute approximate surface area is 144 Å². The molecular weight excluding hydrogens is 336 g/mol. The van der Waals surface area contributed by atoms with Crippen LogP contribution in [0.3, 0.4) is 0 Å². The van der Waals surface area contributed by atoms with Crippen LogP contribution in [0.2, 0.25) is 0 Å². The quantitative estimate of drug-likeness (QED) is 0.842. The van der Waals surface area contributed by atoms with Crippen molar-refractivity contribution in [2.75, 3.05) is 13.2 Å². The lowest BCUT2D eigenvalue weighted by atomic mass is 10.0. The van der Waals surface area contributed by atoms with E-state index in [1.807, 2.05) is 20.8 Å². The van der Waals surface area contributed by atoms with Crippen molar-refractivity contribution < 1.29 is 22.5 Å². The van der Waals surface area contributed by atoms with Gasteiger partial charge in [0.1, 0.15) is 11.6 Å². The molecule has 1 aromatic carbocycles. The minimum absolute atomic E-state index is 0.170. The Morgan fingerprint density at radius 1 is 1.29 bits per heavy atom. The van der Waals surface area contributed by atoms with Gasteiger partial charge in [-0.2, -0.15) is 0 Å². The lowest BCUT2D eigenvalue weighted by Gasteiger charge is -2.28. The van der Waals surface area contributed by atoms with E-state index in [-0.39, 0.29) is 11.9 Å². The van der Waals surface area contributed by atoms with Crippen LogP contribution in [0, 0.1) is 11.6 Å². The van der Waals surface area contributed by atoms with Crippen molar-refractivity contribution in [3.8, 4) is 0 Å². The zero-order valence-corrected chi connectivity index (χ0v) is 15.1. The van der Waals surface area contributed by atoms with E-state index in [2.05, 4.69) is 4.72 Å². The molecule has 4 nitrogen and oxygen atoms in total. The first kappa shape index (κ1) is 19.4. The molecule has 136 valence electrons. The topological polar surface area (TPSA) is 47.6 Å². The molecule has 2 atom stereocenters. The molecule has 2 rings (SSSR count). The van der Waals surface area contributed by atoms with E-state index in [4.69, 9.17) is 9.47 Å². The number of ether oxygens (including phenoxy) is 2. The predicted molar refractivity (Wildman–Crippen MR) is 89.7 cm³/mol. The summed E-state index contributed by atoms with van der Waals surface area (Å²) in [5, 5.41) is 0. The summed E-state index contributed by atoms with van der Waals surface area (Å²) in [6, 6.07) is 2.72. The lowest BCUT2D eigenvalue weighted by Crippen LogP contribution is -2.36. The Morgan fingerprint density at radius 2 is 1.96 bits per heavy atom. The average Bonchev–Trinajstić information content (AvgIpc) is 2.53. The first-order valence-electron chi connectivity index (χ1n) is 8.13. The van der Waals surface area contributed by atoms with Crippen molar-refractivity contribution in [1.29, 1.82) is 0 Å². The van der Waals surface area contributed by atoms with E-state index in [0.717, 1.165) is 24.6 Å². The fourth-order valence-corrected chi connectivity index (χ4v) is 3.23. The Hall–Kier alpha value is -0.890. The molecule has 0 saturated carbocycles. The predicted octanol–water partition coefficient (Wildman–Crippen LogP) is 3.60. The minimum atomic E-state index is -1.41. The van der Waals surface area contributed by atoms with Gasteiger partial charge in [-0.3, -0.25) is 0 Å². The second kappa shape index (κ2) is 8.47. The van der Waals surface area contributed by atoms with Gasteiger partial charge < -0.3 is 9.47 Å². The Balaban J connectivity index is 2.13. The molecule has 1 saturated heterocycles. The smallest absolute Gasteiger partial charge is 0.157 e. The summed E-state index contributed by atoms with van der Waals surface area (Å²) in [4.78, 5) is 0. The largest absolute Gasteiger partial charge is 0.353 e. The first-order chi connectivity index (χ1) is 11.3. The van der Waals surface area contributed by atoms with Crippen LogP contribution in [0.1, 0.15) is 51.6 Å². The van der Waals surface area contributed by atoms with Crippen LogP contribution in [0.25, 0.3) is 0 Å². The minimum Gasteiger partial charge on any atom is -0.353 e. The third kappa shape index (κ3) is 5.58. The van der Waals surface area contributed by atoms with Crippen LogP contribution in [-0.4, -0.2) is 28.5 Å². The second-order valence-electron chi connectivity index (χ2n) is 6.82. The number of hydrogen-bond acceptors (Lipinski definition) is 3. The van der Waals surface area contributed by atoms with E-state index in [1.165, 1.54) is 0 Å². The van der Waals surface area contributed by atoms with E-state index in [0.29, 0.717) is 26.1 Å². The van der Waals surface area contributed by atoms with Gasteiger partial charge in [-0.25, -0.2) is 17.7 Å². The Morgan fingerprint density at radius 3 is 2.58 bits per heavy atom. The zero-order valence-electron chi connectivity index (χ0n) is 14.3. The average molecular weight is 361 g/mol. The van der Waals surface area contributed by atoms with Crippen molar-refractivity contribution in [3.63, 3.8) is 0 Å². The molecule has 7 heteroatoms. The van der Waals surface area contributed by atoms with Crippen LogP contribution in [0.4, 0.5) is 8.78 Å². The molecule has 1 fully saturated rings. The summed E-state index contributed by atoms with van der Waals surface area (Å²) in [5.74, 6) is -1.05. The van der Waals surface area contributed by atoms with E-state index in [9.17, 15) is 13.0 Å². The van der Waals surface area contributed by atoms with Gasteiger partial charge in [0.15, 0.2) is 6.29 Å². The number of halogens is 2. The van der Waals surface area contributed by atoms with Crippen LogP contribution >= 0.6 is 0 Å². The highest BCUT2D eigenvalue weighted by molar-refractivity contribution is 7.84. The molecule has 0 aliphatic carbocycles. The van der Waals surface area contributed by atoms with Crippen LogP contribution in [0.15, 0.2) is 18.2 Å². The standard InChI is InChI=1S/C17H25F2NO3S/c1-17(2,3)24(21)20-15(7-8-16-22-9-4-10-23-16)13-11-12(18)5-6-14(13)19/h5-6,11,15-16,20H,4,7-10H2,1-3H3/t15-,24?/m1/s1. The Kier molecular flexibility index (Phi) is 6.86. The van der Waals surface area contributed by atoms with Gasteiger partial charge in [-0.05, 0) is 51.8 Å². The molecule has 24 heavy (non-hydrogen) atoms.